The Morgan fingerprint density at radius 1 is 1.12 bits per heavy atom. The van der Waals surface area contributed by atoms with Crippen molar-refractivity contribution in [1.82, 2.24) is 0 Å². The number of esters is 2. The monoisotopic (exact) mass is 250 g/mol. The van der Waals surface area contributed by atoms with Gasteiger partial charge >= 0.3 is 41.5 Å². The number of carbonyl (C=O) groups is 2. The zero-order valence-corrected chi connectivity index (χ0v) is 11.9. The predicted molar refractivity (Wildman–Crippen MR) is 49.9 cm³/mol. The first-order valence-corrected chi connectivity index (χ1v) is 4.52. The molecule has 0 heterocycles. The molecule has 0 bridgehead atoms. The maximum absolute atomic E-state index is 11.5. The van der Waals surface area contributed by atoms with Crippen molar-refractivity contribution in [3.63, 3.8) is 0 Å². The van der Waals surface area contributed by atoms with Crippen LogP contribution in [0.1, 0.15) is 12.8 Å². The van der Waals surface area contributed by atoms with Crippen LogP contribution in [-0.2, 0) is 19.1 Å². The van der Waals surface area contributed by atoms with Crippen LogP contribution < -0.4 is 34.7 Å². The molecule has 6 nitrogen and oxygen atoms in total. The number of carbonyl (C=O) groups excluding carboxylic acids is 2. The molecule has 0 amide bonds. The van der Waals surface area contributed by atoms with Crippen molar-refractivity contribution in [1.29, 1.82) is 0 Å². The molecule has 1 rings (SSSR count). The summed E-state index contributed by atoms with van der Waals surface area (Å²) in [5, 5.41) is 21.0. The number of aliphatic hydroxyl groups is 1. The van der Waals surface area contributed by atoms with Gasteiger partial charge in [0.1, 0.15) is 5.76 Å². The summed E-state index contributed by atoms with van der Waals surface area (Å²) in [6.45, 7) is 0. The fourth-order valence-corrected chi connectivity index (χ4v) is 1.40. The number of aliphatic hydroxyl groups excluding tert-OH is 1. The molecule has 0 aromatic heterocycles. The molecule has 0 aromatic carbocycles. The predicted octanol–water partition coefficient (Wildman–Crippen LogP) is -3.44. The van der Waals surface area contributed by atoms with Crippen molar-refractivity contribution in [2.24, 2.45) is 0 Å². The van der Waals surface area contributed by atoms with E-state index in [4.69, 9.17) is 0 Å². The average molecular weight is 250 g/mol. The standard InChI is InChI=1S/C10H12O6.Na/c1-15-9(13)5-3-4-6(10(14)16-2)8(12)7(5)11;/h11-12H,3-4H2,1-2H3;/q;+1/p-1. The quantitative estimate of drug-likeness (QED) is 0.404. The summed E-state index contributed by atoms with van der Waals surface area (Å²) in [5.41, 5.74) is -0.271. The van der Waals surface area contributed by atoms with E-state index in [1.165, 1.54) is 0 Å². The maximum Gasteiger partial charge on any atom is 1.00 e. The normalized spacial score (nSPS) is 15.2. The van der Waals surface area contributed by atoms with Gasteiger partial charge in [-0.1, -0.05) is 5.76 Å². The molecule has 1 N–H and O–H groups in total. The van der Waals surface area contributed by atoms with Gasteiger partial charge in [-0.05, 0) is 12.8 Å². The van der Waals surface area contributed by atoms with E-state index in [1.54, 1.807) is 0 Å². The first-order chi connectivity index (χ1) is 7.52. The van der Waals surface area contributed by atoms with E-state index in [0.717, 1.165) is 14.2 Å². The van der Waals surface area contributed by atoms with Gasteiger partial charge in [0.2, 0.25) is 0 Å². The van der Waals surface area contributed by atoms with Crippen molar-refractivity contribution in [3.8, 4) is 0 Å². The molecule has 1 aliphatic carbocycles. The minimum Gasteiger partial charge on any atom is -0.870 e. The molecule has 17 heavy (non-hydrogen) atoms. The summed E-state index contributed by atoms with van der Waals surface area (Å²) in [6.07, 6.45) is 0.134. The number of ether oxygens (including phenoxy) is 2. The van der Waals surface area contributed by atoms with Crippen molar-refractivity contribution < 1.29 is 58.8 Å². The molecular weight excluding hydrogens is 239 g/mol. The summed E-state index contributed by atoms with van der Waals surface area (Å²) in [7, 11) is 2.28. The van der Waals surface area contributed by atoms with Gasteiger partial charge in [-0.15, -0.1) is 0 Å². The van der Waals surface area contributed by atoms with Gasteiger partial charge in [-0.25, -0.2) is 9.59 Å². The minimum atomic E-state index is -0.876. The molecule has 1 aliphatic rings. The molecule has 0 unspecified atom stereocenters. The van der Waals surface area contributed by atoms with E-state index < -0.39 is 23.5 Å². The largest absolute Gasteiger partial charge is 1.00 e. The first kappa shape index (κ1) is 16.0. The van der Waals surface area contributed by atoms with Gasteiger partial charge < -0.3 is 19.7 Å². The molecule has 0 fully saturated rings. The van der Waals surface area contributed by atoms with Crippen LogP contribution in [-0.4, -0.2) is 31.3 Å². The second-order valence-corrected chi connectivity index (χ2v) is 3.12. The first-order valence-electron chi connectivity index (χ1n) is 4.52. The Kier molecular flexibility index (Phi) is 6.30. The molecule has 0 atom stereocenters. The molecule has 0 aromatic rings. The van der Waals surface area contributed by atoms with Crippen LogP contribution in [0.25, 0.3) is 0 Å². The third-order valence-electron chi connectivity index (χ3n) is 2.26. The summed E-state index contributed by atoms with van der Waals surface area (Å²) in [6, 6.07) is 0. The zero-order chi connectivity index (χ0) is 12.3. The van der Waals surface area contributed by atoms with Gasteiger partial charge in [-0.3, -0.25) is 0 Å². The Morgan fingerprint density at radius 3 is 2.00 bits per heavy atom. The molecule has 7 heteroatoms. The number of methoxy groups -OCH3 is 2. The van der Waals surface area contributed by atoms with Crippen LogP contribution in [0, 0.1) is 0 Å². The Morgan fingerprint density at radius 2 is 1.53 bits per heavy atom. The third-order valence-corrected chi connectivity index (χ3v) is 2.26. The van der Waals surface area contributed by atoms with Crippen molar-refractivity contribution >= 4 is 11.9 Å². The fraction of sp³-hybridized carbons (Fsp3) is 0.400. The Labute approximate surface area is 120 Å². The van der Waals surface area contributed by atoms with Gasteiger partial charge in [0.05, 0.1) is 19.8 Å². The maximum atomic E-state index is 11.5. The number of hydrogen-bond acceptors (Lipinski definition) is 6. The van der Waals surface area contributed by atoms with Gasteiger partial charge in [0, 0.05) is 5.57 Å². The summed E-state index contributed by atoms with van der Waals surface area (Å²) in [4.78, 5) is 22.3. The Bertz CT molecular complexity index is 358. The second kappa shape index (κ2) is 6.68. The minimum absolute atomic E-state index is 0. The summed E-state index contributed by atoms with van der Waals surface area (Å²) >= 11 is 0. The number of hydrogen-bond donors (Lipinski definition) is 1. The molecule has 0 radical (unpaired) electrons. The SMILES string of the molecule is COC(=O)C1=C([O-])C(O)=C(C(=O)OC)CC1.[Na+]. The molecular formula is C10H11NaO6. The van der Waals surface area contributed by atoms with Crippen LogP contribution in [0.4, 0.5) is 0 Å². The molecule has 0 aliphatic heterocycles. The average Bonchev–Trinajstić information content (AvgIpc) is 2.30. The van der Waals surface area contributed by atoms with E-state index in [2.05, 4.69) is 9.47 Å². The molecule has 88 valence electrons. The topological polar surface area (TPSA) is 95.9 Å². The third kappa shape index (κ3) is 3.24. The Balaban J connectivity index is 0.00000256. The van der Waals surface area contributed by atoms with Crippen LogP contribution in [0.15, 0.2) is 22.7 Å². The van der Waals surface area contributed by atoms with Gasteiger partial charge in [-0.2, -0.15) is 0 Å². The summed E-state index contributed by atoms with van der Waals surface area (Å²) in [5.74, 6) is -3.17. The second-order valence-electron chi connectivity index (χ2n) is 3.12. The van der Waals surface area contributed by atoms with E-state index in [-0.39, 0.29) is 53.5 Å². The number of rotatable bonds is 2. The van der Waals surface area contributed by atoms with Gasteiger partial charge in [0.15, 0.2) is 0 Å². The van der Waals surface area contributed by atoms with Gasteiger partial charge in [0.25, 0.3) is 0 Å². The summed E-state index contributed by atoms with van der Waals surface area (Å²) < 4.78 is 8.78. The van der Waals surface area contributed by atoms with Crippen molar-refractivity contribution in [2.45, 2.75) is 12.8 Å². The van der Waals surface area contributed by atoms with Crippen LogP contribution in [0.2, 0.25) is 0 Å². The van der Waals surface area contributed by atoms with Crippen LogP contribution >= 0.6 is 0 Å². The molecule has 0 saturated heterocycles. The van der Waals surface area contributed by atoms with E-state index in [9.17, 15) is 19.8 Å². The van der Waals surface area contributed by atoms with E-state index in [0.29, 0.717) is 0 Å². The van der Waals surface area contributed by atoms with Crippen molar-refractivity contribution in [3.05, 3.63) is 22.7 Å². The fourth-order valence-electron chi connectivity index (χ4n) is 1.40. The smallest absolute Gasteiger partial charge is 0.870 e. The van der Waals surface area contributed by atoms with E-state index in [1.807, 2.05) is 0 Å². The van der Waals surface area contributed by atoms with Crippen LogP contribution in [0.5, 0.6) is 0 Å². The van der Waals surface area contributed by atoms with Crippen molar-refractivity contribution in [2.75, 3.05) is 14.2 Å². The van der Waals surface area contributed by atoms with Crippen LogP contribution in [0.3, 0.4) is 0 Å². The molecule has 0 spiro atoms. The Hall–Kier alpha value is -0.980. The van der Waals surface area contributed by atoms with E-state index >= 15 is 0 Å². The zero-order valence-electron chi connectivity index (χ0n) is 9.90. The molecule has 0 saturated carbocycles.